The van der Waals surface area contributed by atoms with Gasteiger partial charge in [0.1, 0.15) is 5.75 Å². The molecule has 0 atom stereocenters. The van der Waals surface area contributed by atoms with Crippen molar-refractivity contribution in [3.05, 3.63) is 54.1 Å². The van der Waals surface area contributed by atoms with Crippen molar-refractivity contribution in [3.8, 4) is 5.75 Å². The monoisotopic (exact) mass is 355 g/mol. The summed E-state index contributed by atoms with van der Waals surface area (Å²) in [6.07, 6.45) is 7.20. The van der Waals surface area contributed by atoms with E-state index in [4.69, 9.17) is 4.74 Å². The average molecular weight is 355 g/mol. The smallest absolute Gasteiger partial charge is 0.337 e. The highest BCUT2D eigenvalue weighted by atomic mass is 16.5. The number of ether oxygens (including phenoxy) is 1. The molecule has 0 aliphatic carbocycles. The first-order valence-corrected chi connectivity index (χ1v) is 9.41. The normalized spacial score (nSPS) is 10.5. The average Bonchev–Trinajstić information content (AvgIpc) is 2.67. The Morgan fingerprint density at radius 1 is 0.962 bits per heavy atom. The second-order valence-electron chi connectivity index (χ2n) is 6.44. The molecule has 0 bridgehead atoms. The van der Waals surface area contributed by atoms with Gasteiger partial charge in [-0.25, -0.2) is 4.79 Å². The minimum absolute atomic E-state index is 0.328. The zero-order valence-electron chi connectivity index (χ0n) is 15.8. The van der Waals surface area contributed by atoms with Gasteiger partial charge < -0.3 is 14.7 Å². The van der Waals surface area contributed by atoms with Crippen LogP contribution in [0, 0.1) is 0 Å². The number of hydrogen-bond donors (Lipinski definition) is 1. The maximum Gasteiger partial charge on any atom is 0.337 e. The summed E-state index contributed by atoms with van der Waals surface area (Å²) < 4.78 is 5.24. The molecule has 2 aromatic rings. The van der Waals surface area contributed by atoms with Gasteiger partial charge in [-0.2, -0.15) is 0 Å². The number of para-hydroxylation sites is 1. The summed E-state index contributed by atoms with van der Waals surface area (Å²) in [6.45, 7) is 3.01. The molecule has 0 aromatic heterocycles. The van der Waals surface area contributed by atoms with Gasteiger partial charge in [0.05, 0.1) is 18.4 Å². The molecule has 0 fully saturated rings. The summed E-state index contributed by atoms with van der Waals surface area (Å²) in [5, 5.41) is 9.57. The Hall–Kier alpha value is -2.49. The highest BCUT2D eigenvalue weighted by molar-refractivity contribution is 5.95. The Morgan fingerprint density at radius 3 is 2.27 bits per heavy atom. The summed E-state index contributed by atoms with van der Waals surface area (Å²) in [7, 11) is 1.64. The van der Waals surface area contributed by atoms with E-state index in [1.54, 1.807) is 19.2 Å². The zero-order valence-corrected chi connectivity index (χ0v) is 15.8. The molecule has 0 unspecified atom stereocenters. The molecular weight excluding hydrogens is 326 g/mol. The Morgan fingerprint density at radius 2 is 1.62 bits per heavy atom. The van der Waals surface area contributed by atoms with E-state index in [1.165, 1.54) is 25.7 Å². The van der Waals surface area contributed by atoms with Crippen LogP contribution in [0.25, 0.3) is 0 Å². The molecule has 0 spiro atoms. The van der Waals surface area contributed by atoms with E-state index in [1.807, 2.05) is 36.4 Å². The van der Waals surface area contributed by atoms with Crippen LogP contribution in [0.3, 0.4) is 0 Å². The number of hydrogen-bond acceptors (Lipinski definition) is 3. The topological polar surface area (TPSA) is 49.8 Å². The SMILES string of the molecule is CCCCCCCCN(c1ccc(OC)cc1)c1ccccc1C(=O)O. The Balaban J connectivity index is 2.20. The van der Waals surface area contributed by atoms with Crippen molar-refractivity contribution < 1.29 is 14.6 Å². The van der Waals surface area contributed by atoms with Crippen molar-refractivity contribution in [2.45, 2.75) is 45.4 Å². The molecule has 4 nitrogen and oxygen atoms in total. The standard InChI is InChI=1S/C22H29NO3/c1-3-4-5-6-7-10-17-23(18-13-15-19(26-2)16-14-18)21-12-9-8-11-20(21)22(24)25/h8-9,11-16H,3-7,10,17H2,1-2H3,(H,24,25). The van der Waals surface area contributed by atoms with E-state index in [9.17, 15) is 9.90 Å². The van der Waals surface area contributed by atoms with E-state index in [0.29, 0.717) is 5.56 Å². The van der Waals surface area contributed by atoms with Crippen molar-refractivity contribution in [2.75, 3.05) is 18.6 Å². The van der Waals surface area contributed by atoms with Crippen LogP contribution in [-0.4, -0.2) is 24.7 Å². The number of carbonyl (C=O) groups is 1. The molecule has 0 aliphatic heterocycles. The second kappa shape index (κ2) is 10.5. The third-order valence-electron chi connectivity index (χ3n) is 4.54. The Kier molecular flexibility index (Phi) is 8.00. The summed E-state index contributed by atoms with van der Waals surface area (Å²) in [5.74, 6) is -0.109. The fourth-order valence-electron chi connectivity index (χ4n) is 3.09. The third-order valence-corrected chi connectivity index (χ3v) is 4.54. The first-order valence-electron chi connectivity index (χ1n) is 9.41. The largest absolute Gasteiger partial charge is 0.497 e. The molecular formula is C22H29NO3. The molecule has 4 heteroatoms. The van der Waals surface area contributed by atoms with Gasteiger partial charge >= 0.3 is 5.97 Å². The summed E-state index contributed by atoms with van der Waals surface area (Å²) in [6, 6.07) is 15.0. The van der Waals surface area contributed by atoms with Crippen molar-refractivity contribution in [1.82, 2.24) is 0 Å². The molecule has 0 saturated carbocycles. The highest BCUT2D eigenvalue weighted by Gasteiger charge is 2.17. The van der Waals surface area contributed by atoms with Gasteiger partial charge in [0, 0.05) is 12.2 Å². The molecule has 2 aromatic carbocycles. The van der Waals surface area contributed by atoms with Gasteiger partial charge in [0.15, 0.2) is 0 Å². The van der Waals surface area contributed by atoms with E-state index < -0.39 is 5.97 Å². The Labute approximate surface area is 156 Å². The van der Waals surface area contributed by atoms with Crippen LogP contribution in [-0.2, 0) is 0 Å². The molecule has 0 radical (unpaired) electrons. The van der Waals surface area contributed by atoms with Gasteiger partial charge in [-0.3, -0.25) is 0 Å². The van der Waals surface area contributed by atoms with E-state index in [0.717, 1.165) is 36.5 Å². The van der Waals surface area contributed by atoms with E-state index >= 15 is 0 Å². The number of nitrogens with zero attached hydrogens (tertiary/aromatic N) is 1. The second-order valence-corrected chi connectivity index (χ2v) is 6.44. The van der Waals surface area contributed by atoms with Crippen molar-refractivity contribution >= 4 is 17.3 Å². The number of carboxylic acids is 1. The van der Waals surface area contributed by atoms with Gasteiger partial charge in [-0.15, -0.1) is 0 Å². The van der Waals surface area contributed by atoms with Gasteiger partial charge in [0.25, 0.3) is 0 Å². The fourth-order valence-corrected chi connectivity index (χ4v) is 3.09. The summed E-state index contributed by atoms with van der Waals surface area (Å²) in [5.41, 5.74) is 2.04. The van der Waals surface area contributed by atoms with E-state index in [-0.39, 0.29) is 0 Å². The number of carboxylic acid groups (broad SMARTS) is 1. The predicted octanol–water partition coefficient (Wildman–Crippen LogP) is 5.89. The number of benzene rings is 2. The van der Waals surface area contributed by atoms with Crippen LogP contribution < -0.4 is 9.64 Å². The molecule has 0 saturated heterocycles. The summed E-state index contributed by atoms with van der Waals surface area (Å²) in [4.78, 5) is 13.8. The number of aromatic carboxylic acids is 1. The van der Waals surface area contributed by atoms with Crippen LogP contribution in [0.4, 0.5) is 11.4 Å². The molecule has 0 heterocycles. The number of unbranched alkanes of at least 4 members (excludes halogenated alkanes) is 5. The lowest BCUT2D eigenvalue weighted by Crippen LogP contribution is -2.21. The minimum atomic E-state index is -0.901. The zero-order chi connectivity index (χ0) is 18.8. The predicted molar refractivity (Wildman–Crippen MR) is 107 cm³/mol. The van der Waals surface area contributed by atoms with Crippen molar-refractivity contribution in [1.29, 1.82) is 0 Å². The van der Waals surface area contributed by atoms with Crippen LogP contribution in [0.2, 0.25) is 0 Å². The lowest BCUT2D eigenvalue weighted by molar-refractivity contribution is 0.0697. The molecule has 26 heavy (non-hydrogen) atoms. The number of rotatable bonds is 11. The quantitative estimate of drug-likeness (QED) is 0.510. The summed E-state index contributed by atoms with van der Waals surface area (Å²) >= 11 is 0. The van der Waals surface area contributed by atoms with Gasteiger partial charge in [0.2, 0.25) is 0 Å². The van der Waals surface area contributed by atoms with Crippen molar-refractivity contribution in [2.24, 2.45) is 0 Å². The molecule has 0 aliphatic rings. The number of anilines is 2. The maximum atomic E-state index is 11.7. The first kappa shape index (κ1) is 19.8. The molecule has 0 amide bonds. The highest BCUT2D eigenvalue weighted by Crippen LogP contribution is 2.30. The van der Waals surface area contributed by atoms with Gasteiger partial charge in [-0.1, -0.05) is 51.2 Å². The third kappa shape index (κ3) is 5.51. The number of methoxy groups -OCH3 is 1. The van der Waals surface area contributed by atoms with Crippen LogP contribution >= 0.6 is 0 Å². The van der Waals surface area contributed by atoms with Crippen molar-refractivity contribution in [3.63, 3.8) is 0 Å². The van der Waals surface area contributed by atoms with Crippen LogP contribution in [0.5, 0.6) is 5.75 Å². The maximum absolute atomic E-state index is 11.7. The molecule has 1 N–H and O–H groups in total. The molecule has 140 valence electrons. The minimum Gasteiger partial charge on any atom is -0.497 e. The van der Waals surface area contributed by atoms with Crippen LogP contribution in [0.15, 0.2) is 48.5 Å². The fraction of sp³-hybridized carbons (Fsp3) is 0.409. The van der Waals surface area contributed by atoms with Crippen LogP contribution in [0.1, 0.15) is 55.8 Å². The Bertz CT molecular complexity index is 682. The van der Waals surface area contributed by atoms with Gasteiger partial charge in [-0.05, 0) is 42.8 Å². The van der Waals surface area contributed by atoms with E-state index in [2.05, 4.69) is 11.8 Å². The first-order chi connectivity index (χ1) is 12.7. The lowest BCUT2D eigenvalue weighted by atomic mass is 10.1. The lowest BCUT2D eigenvalue weighted by Gasteiger charge is -2.26. The molecule has 2 rings (SSSR count).